The van der Waals surface area contributed by atoms with E-state index in [1.807, 2.05) is 32.0 Å². The second-order valence-electron chi connectivity index (χ2n) is 5.48. The van der Waals surface area contributed by atoms with Gasteiger partial charge in [0.25, 0.3) is 0 Å². The van der Waals surface area contributed by atoms with Crippen molar-refractivity contribution in [2.75, 3.05) is 6.54 Å². The highest BCUT2D eigenvalue weighted by Crippen LogP contribution is 2.32. The molecule has 0 fully saturated rings. The molecular weight excluding hydrogens is 298 g/mol. The zero-order valence-electron chi connectivity index (χ0n) is 12.5. The molecule has 2 aromatic rings. The number of fused-ring (bicyclic) bond motifs is 1. The molecule has 0 spiro atoms. The van der Waals surface area contributed by atoms with E-state index in [9.17, 15) is 8.42 Å². The summed E-state index contributed by atoms with van der Waals surface area (Å²) in [6.45, 7) is 5.01. The molecule has 2 heterocycles. The molecular formula is C16H17N3O2S. The van der Waals surface area contributed by atoms with Crippen molar-refractivity contribution in [3.63, 3.8) is 0 Å². The van der Waals surface area contributed by atoms with Crippen LogP contribution in [-0.2, 0) is 16.6 Å². The summed E-state index contributed by atoms with van der Waals surface area (Å²) >= 11 is 0. The molecule has 5 nitrogen and oxygen atoms in total. The Morgan fingerprint density at radius 3 is 2.73 bits per heavy atom. The van der Waals surface area contributed by atoms with E-state index >= 15 is 0 Å². The molecule has 0 N–H and O–H groups in total. The lowest BCUT2D eigenvalue weighted by Crippen LogP contribution is -2.41. The van der Waals surface area contributed by atoms with Gasteiger partial charge in [-0.25, -0.2) is 8.42 Å². The fourth-order valence-corrected chi connectivity index (χ4v) is 4.63. The van der Waals surface area contributed by atoms with Crippen LogP contribution in [0.5, 0.6) is 0 Å². The van der Waals surface area contributed by atoms with E-state index in [1.165, 1.54) is 10.4 Å². The molecule has 22 heavy (non-hydrogen) atoms. The molecule has 3 rings (SSSR count). The summed E-state index contributed by atoms with van der Waals surface area (Å²) < 4.78 is 29.4. The Hall–Kier alpha value is -2.10. The van der Waals surface area contributed by atoms with Crippen LogP contribution < -0.4 is 0 Å². The number of aromatic nitrogens is 1. The van der Waals surface area contributed by atoms with Gasteiger partial charge in [0, 0.05) is 24.5 Å². The Morgan fingerprint density at radius 1 is 1.23 bits per heavy atom. The van der Waals surface area contributed by atoms with Crippen LogP contribution in [0.4, 0.5) is 0 Å². The average Bonchev–Trinajstić information content (AvgIpc) is 2.90. The first-order chi connectivity index (χ1) is 10.4. The third-order valence-corrected chi connectivity index (χ3v) is 6.17. The zero-order valence-corrected chi connectivity index (χ0v) is 13.3. The van der Waals surface area contributed by atoms with E-state index in [1.54, 1.807) is 18.2 Å². The Balaban J connectivity index is 2.02. The van der Waals surface area contributed by atoms with Gasteiger partial charge in [0.15, 0.2) is 0 Å². The van der Waals surface area contributed by atoms with E-state index in [0.717, 1.165) is 11.4 Å². The SMILES string of the molecule is Cc1ccc2n1CCN(S(=O)(=O)c1cccc(C#N)c1)[C@H]2C. The number of nitriles is 1. The maximum absolute atomic E-state index is 12.9. The highest BCUT2D eigenvalue weighted by molar-refractivity contribution is 7.89. The van der Waals surface area contributed by atoms with Gasteiger partial charge in [-0.15, -0.1) is 0 Å². The van der Waals surface area contributed by atoms with E-state index in [-0.39, 0.29) is 10.9 Å². The number of aryl methyl sites for hydroxylation is 1. The normalized spacial score (nSPS) is 18.7. The van der Waals surface area contributed by atoms with Crippen molar-refractivity contribution in [2.24, 2.45) is 0 Å². The van der Waals surface area contributed by atoms with Crippen molar-refractivity contribution in [3.05, 3.63) is 53.3 Å². The predicted molar refractivity (Wildman–Crippen MR) is 82.6 cm³/mol. The van der Waals surface area contributed by atoms with Gasteiger partial charge in [-0.05, 0) is 44.2 Å². The van der Waals surface area contributed by atoms with Gasteiger partial charge in [0.1, 0.15) is 0 Å². The van der Waals surface area contributed by atoms with Crippen LogP contribution in [0, 0.1) is 18.3 Å². The molecule has 1 aromatic heterocycles. The third-order valence-electron chi connectivity index (χ3n) is 4.21. The summed E-state index contributed by atoms with van der Waals surface area (Å²) in [6, 6.07) is 11.9. The molecule has 1 aromatic carbocycles. The number of sulfonamides is 1. The summed E-state index contributed by atoms with van der Waals surface area (Å²) in [5, 5.41) is 8.96. The first-order valence-electron chi connectivity index (χ1n) is 7.13. The molecule has 0 saturated carbocycles. The van der Waals surface area contributed by atoms with Crippen molar-refractivity contribution in [3.8, 4) is 6.07 Å². The van der Waals surface area contributed by atoms with Crippen LogP contribution >= 0.6 is 0 Å². The van der Waals surface area contributed by atoms with Crippen molar-refractivity contribution < 1.29 is 8.42 Å². The molecule has 6 heteroatoms. The van der Waals surface area contributed by atoms with Gasteiger partial charge < -0.3 is 4.57 Å². The smallest absolute Gasteiger partial charge is 0.243 e. The molecule has 0 aliphatic carbocycles. The Kier molecular flexibility index (Phi) is 3.55. The van der Waals surface area contributed by atoms with E-state index < -0.39 is 10.0 Å². The van der Waals surface area contributed by atoms with Gasteiger partial charge in [-0.1, -0.05) is 6.07 Å². The lowest BCUT2D eigenvalue weighted by molar-refractivity contribution is 0.280. The highest BCUT2D eigenvalue weighted by Gasteiger charge is 2.34. The molecule has 0 unspecified atom stereocenters. The summed E-state index contributed by atoms with van der Waals surface area (Å²) in [5.41, 5.74) is 2.50. The van der Waals surface area contributed by atoms with E-state index in [0.29, 0.717) is 18.7 Å². The second kappa shape index (κ2) is 5.27. The largest absolute Gasteiger partial charge is 0.346 e. The second-order valence-corrected chi connectivity index (χ2v) is 7.37. The molecule has 114 valence electrons. The summed E-state index contributed by atoms with van der Waals surface area (Å²) in [7, 11) is -3.61. The maximum atomic E-state index is 12.9. The Bertz CT molecular complexity index is 862. The lowest BCUT2D eigenvalue weighted by atomic mass is 10.2. The van der Waals surface area contributed by atoms with Gasteiger partial charge in [0.2, 0.25) is 10.0 Å². The standard InChI is InChI=1S/C16H17N3O2S/c1-12-6-7-16-13(2)19(9-8-18(12)16)22(20,21)15-5-3-4-14(10-15)11-17/h3-7,10,13H,8-9H2,1-2H3/t13-/m0/s1. The Morgan fingerprint density at radius 2 is 2.00 bits per heavy atom. The summed E-state index contributed by atoms with van der Waals surface area (Å²) in [6.07, 6.45) is 0. The first-order valence-corrected chi connectivity index (χ1v) is 8.57. The van der Waals surface area contributed by atoms with Crippen LogP contribution in [0.1, 0.15) is 29.9 Å². The van der Waals surface area contributed by atoms with Crippen LogP contribution in [-0.4, -0.2) is 23.8 Å². The maximum Gasteiger partial charge on any atom is 0.243 e. The predicted octanol–water partition coefficient (Wildman–Crippen LogP) is 2.43. The van der Waals surface area contributed by atoms with Crippen LogP contribution in [0.2, 0.25) is 0 Å². The lowest BCUT2D eigenvalue weighted by Gasteiger charge is -2.34. The van der Waals surface area contributed by atoms with Gasteiger partial charge in [-0.2, -0.15) is 9.57 Å². The fourth-order valence-electron chi connectivity index (χ4n) is 2.99. The summed E-state index contributed by atoms with van der Waals surface area (Å²) in [4.78, 5) is 0.176. The zero-order chi connectivity index (χ0) is 15.9. The summed E-state index contributed by atoms with van der Waals surface area (Å²) in [5.74, 6) is 0. The van der Waals surface area contributed by atoms with Crippen molar-refractivity contribution in [2.45, 2.75) is 31.3 Å². The minimum atomic E-state index is -3.61. The molecule has 0 amide bonds. The van der Waals surface area contributed by atoms with Gasteiger partial charge in [0.05, 0.1) is 22.6 Å². The Labute approximate surface area is 130 Å². The number of rotatable bonds is 2. The minimum absolute atomic E-state index is 0.176. The van der Waals surface area contributed by atoms with Crippen molar-refractivity contribution in [1.82, 2.24) is 8.87 Å². The van der Waals surface area contributed by atoms with Crippen LogP contribution in [0.25, 0.3) is 0 Å². The molecule has 0 saturated heterocycles. The molecule has 1 atom stereocenters. The molecule has 0 radical (unpaired) electrons. The first kappa shape index (κ1) is 14.8. The fraction of sp³-hybridized carbons (Fsp3) is 0.312. The van der Waals surface area contributed by atoms with E-state index in [4.69, 9.17) is 5.26 Å². The number of benzene rings is 1. The number of nitrogens with zero attached hydrogens (tertiary/aromatic N) is 3. The minimum Gasteiger partial charge on any atom is -0.346 e. The number of hydrogen-bond donors (Lipinski definition) is 0. The topological polar surface area (TPSA) is 66.1 Å². The highest BCUT2D eigenvalue weighted by atomic mass is 32.2. The molecule has 0 bridgehead atoms. The monoisotopic (exact) mass is 315 g/mol. The van der Waals surface area contributed by atoms with Crippen molar-refractivity contribution >= 4 is 10.0 Å². The van der Waals surface area contributed by atoms with Gasteiger partial charge in [-0.3, -0.25) is 0 Å². The van der Waals surface area contributed by atoms with Crippen molar-refractivity contribution in [1.29, 1.82) is 5.26 Å². The van der Waals surface area contributed by atoms with Crippen LogP contribution in [0.3, 0.4) is 0 Å². The molecule has 1 aliphatic rings. The van der Waals surface area contributed by atoms with Gasteiger partial charge >= 0.3 is 0 Å². The quantitative estimate of drug-likeness (QED) is 0.855. The molecule has 1 aliphatic heterocycles. The van der Waals surface area contributed by atoms with E-state index in [2.05, 4.69) is 4.57 Å². The third kappa shape index (κ3) is 2.23. The average molecular weight is 315 g/mol. The van der Waals surface area contributed by atoms with Crippen LogP contribution in [0.15, 0.2) is 41.3 Å². The number of hydrogen-bond acceptors (Lipinski definition) is 3.